The summed E-state index contributed by atoms with van der Waals surface area (Å²) in [4.78, 5) is 15.9. The fraction of sp³-hybridized carbons (Fsp3) is 0.217. The van der Waals surface area contributed by atoms with Crippen molar-refractivity contribution in [3.8, 4) is 23.0 Å². The number of aromatic carboxylic acids is 1. The van der Waals surface area contributed by atoms with Crippen LogP contribution in [0.25, 0.3) is 11.1 Å². The Morgan fingerprint density at radius 2 is 2.00 bits per heavy atom. The Bertz CT molecular complexity index is 1060. The zero-order valence-electron chi connectivity index (χ0n) is 16.1. The summed E-state index contributed by atoms with van der Waals surface area (Å²) in [6, 6.07) is 14.8. The second-order valence-electron chi connectivity index (χ2n) is 6.45. The fourth-order valence-electron chi connectivity index (χ4n) is 3.10. The van der Waals surface area contributed by atoms with Crippen LogP contribution in [0.5, 0.6) is 0 Å². The molecule has 1 aromatic heterocycles. The Hall–Kier alpha value is -3.30. The van der Waals surface area contributed by atoms with Crippen molar-refractivity contribution >= 4 is 23.6 Å². The average molecular weight is 404 g/mol. The minimum absolute atomic E-state index is 0.0725. The third kappa shape index (κ3) is 4.95. The molecular formula is C23H21N3O2S. The van der Waals surface area contributed by atoms with Gasteiger partial charge in [-0.05, 0) is 34.5 Å². The van der Waals surface area contributed by atoms with Crippen molar-refractivity contribution < 1.29 is 9.90 Å². The van der Waals surface area contributed by atoms with Gasteiger partial charge >= 0.3 is 5.97 Å². The molecule has 0 radical (unpaired) electrons. The molecule has 1 N–H and O–H groups in total. The topological polar surface area (TPSA) is 68.0 Å². The van der Waals surface area contributed by atoms with E-state index in [2.05, 4.69) is 21.9 Å². The molecule has 6 heteroatoms. The summed E-state index contributed by atoms with van der Waals surface area (Å²) in [7, 11) is 0. The van der Waals surface area contributed by atoms with E-state index in [0.717, 1.165) is 23.4 Å². The lowest BCUT2D eigenvalue weighted by Gasteiger charge is -2.11. The van der Waals surface area contributed by atoms with E-state index in [-0.39, 0.29) is 11.5 Å². The molecule has 1 unspecified atom stereocenters. The lowest BCUT2D eigenvalue weighted by atomic mass is 9.98. The van der Waals surface area contributed by atoms with Gasteiger partial charge in [0.1, 0.15) is 12.2 Å². The molecule has 0 aliphatic rings. The van der Waals surface area contributed by atoms with Gasteiger partial charge in [-0.3, -0.25) is 0 Å². The first kappa shape index (κ1) is 20.4. The van der Waals surface area contributed by atoms with Gasteiger partial charge in [-0.15, -0.1) is 5.92 Å². The summed E-state index contributed by atoms with van der Waals surface area (Å²) in [5.41, 5.74) is 2.89. The van der Waals surface area contributed by atoms with Crippen molar-refractivity contribution in [3.05, 3.63) is 71.8 Å². The Labute approximate surface area is 175 Å². The van der Waals surface area contributed by atoms with Crippen molar-refractivity contribution in [1.29, 1.82) is 0 Å². The van der Waals surface area contributed by atoms with Crippen molar-refractivity contribution in [2.75, 3.05) is 0 Å². The van der Waals surface area contributed by atoms with Crippen LogP contribution in [-0.2, 0) is 6.54 Å². The molecule has 0 saturated heterocycles. The van der Waals surface area contributed by atoms with Crippen molar-refractivity contribution in [3.63, 3.8) is 0 Å². The van der Waals surface area contributed by atoms with Gasteiger partial charge in [0.05, 0.1) is 18.0 Å². The zero-order chi connectivity index (χ0) is 20.6. The van der Waals surface area contributed by atoms with Crippen LogP contribution >= 0.6 is 12.2 Å². The average Bonchev–Trinajstić information content (AvgIpc) is 3.19. The number of carboxylic acid groups (broad SMARTS) is 1. The molecule has 29 heavy (non-hydrogen) atoms. The summed E-state index contributed by atoms with van der Waals surface area (Å²) in [5, 5.41) is 15.4. The molecule has 3 aromatic rings. The van der Waals surface area contributed by atoms with E-state index < -0.39 is 5.97 Å². The molecule has 1 atom stereocenters. The lowest BCUT2D eigenvalue weighted by Crippen LogP contribution is -2.11. The second-order valence-corrected chi connectivity index (χ2v) is 6.79. The molecule has 0 aliphatic heterocycles. The Morgan fingerprint density at radius 3 is 2.69 bits per heavy atom. The highest BCUT2D eigenvalue weighted by Crippen LogP contribution is 2.25. The van der Waals surface area contributed by atoms with Crippen molar-refractivity contribution in [2.45, 2.75) is 32.2 Å². The lowest BCUT2D eigenvalue weighted by molar-refractivity contribution is 0.0697. The number of carboxylic acids is 1. The quantitative estimate of drug-likeness (QED) is 0.462. The van der Waals surface area contributed by atoms with Gasteiger partial charge in [0.2, 0.25) is 0 Å². The van der Waals surface area contributed by atoms with Crippen LogP contribution in [0, 0.1) is 11.8 Å². The van der Waals surface area contributed by atoms with E-state index >= 15 is 0 Å². The molecule has 2 aromatic carbocycles. The minimum atomic E-state index is -0.935. The molecule has 0 bridgehead atoms. The molecule has 0 aliphatic carbocycles. The molecule has 0 saturated carbocycles. The predicted molar refractivity (Wildman–Crippen MR) is 117 cm³/mol. The minimum Gasteiger partial charge on any atom is -0.478 e. The molecule has 146 valence electrons. The standard InChI is InChI=1S/C23H21N3O2S/c1-2-3-6-19(13-14-29)22-24-16-25-26(22)15-17-9-11-18(12-10-17)20-7-4-5-8-21(20)23(27)28/h4-5,7-12,14,16,19H,2,13,15H2,1H3,(H,27,28). The van der Waals surface area contributed by atoms with Crippen LogP contribution in [0.1, 0.15) is 47.4 Å². The number of aromatic nitrogens is 3. The van der Waals surface area contributed by atoms with Crippen LogP contribution in [-0.4, -0.2) is 31.2 Å². The number of hydrogen-bond acceptors (Lipinski definition) is 4. The number of rotatable bonds is 7. The van der Waals surface area contributed by atoms with Crippen LogP contribution < -0.4 is 0 Å². The first-order valence-electron chi connectivity index (χ1n) is 9.35. The zero-order valence-corrected chi connectivity index (χ0v) is 16.9. The first-order valence-corrected chi connectivity index (χ1v) is 9.82. The van der Waals surface area contributed by atoms with Gasteiger partial charge in [0.25, 0.3) is 0 Å². The Morgan fingerprint density at radius 1 is 1.24 bits per heavy atom. The number of hydrogen-bond donors (Lipinski definition) is 1. The highest BCUT2D eigenvalue weighted by Gasteiger charge is 2.15. The second kappa shape index (κ2) is 9.76. The van der Waals surface area contributed by atoms with Gasteiger partial charge in [0.15, 0.2) is 0 Å². The van der Waals surface area contributed by atoms with Gasteiger partial charge in [-0.25, -0.2) is 14.5 Å². The maximum absolute atomic E-state index is 11.5. The van der Waals surface area contributed by atoms with E-state index in [9.17, 15) is 9.90 Å². The molecule has 5 nitrogen and oxygen atoms in total. The Balaban J connectivity index is 1.84. The fourth-order valence-corrected chi connectivity index (χ4v) is 3.29. The third-order valence-electron chi connectivity index (χ3n) is 4.50. The van der Waals surface area contributed by atoms with E-state index in [4.69, 9.17) is 12.2 Å². The van der Waals surface area contributed by atoms with Crippen LogP contribution in [0.2, 0.25) is 0 Å². The van der Waals surface area contributed by atoms with Gasteiger partial charge < -0.3 is 5.11 Å². The van der Waals surface area contributed by atoms with Crippen molar-refractivity contribution in [2.24, 2.45) is 0 Å². The number of nitrogens with zero attached hydrogens (tertiary/aromatic N) is 3. The van der Waals surface area contributed by atoms with Gasteiger partial charge in [-0.2, -0.15) is 5.10 Å². The summed E-state index contributed by atoms with van der Waals surface area (Å²) in [6.07, 6.45) is 2.96. The van der Waals surface area contributed by atoms with Crippen molar-refractivity contribution in [1.82, 2.24) is 14.8 Å². The van der Waals surface area contributed by atoms with Crippen LogP contribution in [0.3, 0.4) is 0 Å². The summed E-state index contributed by atoms with van der Waals surface area (Å²) in [5.74, 6) is 6.12. The summed E-state index contributed by atoms with van der Waals surface area (Å²) >= 11 is 5.02. The normalized spacial score (nSPS) is 11.3. The van der Waals surface area contributed by atoms with Crippen LogP contribution in [0.4, 0.5) is 0 Å². The molecule has 1 heterocycles. The van der Waals surface area contributed by atoms with E-state index in [1.165, 1.54) is 6.33 Å². The molecule has 0 fully saturated rings. The van der Waals surface area contributed by atoms with Gasteiger partial charge in [0, 0.05) is 6.42 Å². The molecular weight excluding hydrogens is 382 g/mol. The maximum Gasteiger partial charge on any atom is 0.336 e. The monoisotopic (exact) mass is 403 g/mol. The first-order chi connectivity index (χ1) is 14.1. The predicted octanol–water partition coefficient (Wildman–Crippen LogP) is 4.58. The summed E-state index contributed by atoms with van der Waals surface area (Å²) < 4.78 is 1.84. The number of carbonyl (C=O) groups is 1. The molecule has 0 spiro atoms. The summed E-state index contributed by atoms with van der Waals surface area (Å²) in [6.45, 7) is 2.56. The number of thiocarbonyl (C=S) groups is 1. The highest BCUT2D eigenvalue weighted by molar-refractivity contribution is 7.78. The largest absolute Gasteiger partial charge is 0.478 e. The van der Waals surface area contributed by atoms with E-state index in [0.29, 0.717) is 18.5 Å². The highest BCUT2D eigenvalue weighted by atomic mass is 32.1. The number of benzene rings is 2. The van der Waals surface area contributed by atoms with Gasteiger partial charge in [-0.1, -0.05) is 67.5 Å². The molecule has 3 rings (SSSR count). The van der Waals surface area contributed by atoms with Crippen LogP contribution in [0.15, 0.2) is 54.9 Å². The third-order valence-corrected chi connectivity index (χ3v) is 4.69. The maximum atomic E-state index is 11.5. The Kier molecular flexibility index (Phi) is 6.88. The van der Waals surface area contributed by atoms with E-state index in [1.807, 2.05) is 48.0 Å². The SMILES string of the molecule is CCC#CC(CC=S)c1ncnn1Cc1ccc(-c2ccccc2C(=O)O)cc1. The molecule has 0 amide bonds. The smallest absolute Gasteiger partial charge is 0.336 e. The van der Waals surface area contributed by atoms with E-state index in [1.54, 1.807) is 17.5 Å².